The maximum atomic E-state index is 13.1. The Hall–Kier alpha value is -2.54. The fraction of sp³-hybridized carbons (Fsp3) is 0. The lowest BCUT2D eigenvalue weighted by molar-refractivity contribution is 0.628. The highest BCUT2D eigenvalue weighted by molar-refractivity contribution is 9.10. The van der Waals surface area contributed by atoms with Gasteiger partial charge in [0.1, 0.15) is 5.82 Å². The summed E-state index contributed by atoms with van der Waals surface area (Å²) in [7, 11) is 0. The summed E-state index contributed by atoms with van der Waals surface area (Å²) < 4.78 is 14.0. The Labute approximate surface area is 133 Å². The molecule has 0 aliphatic carbocycles. The number of halogens is 2. The number of rotatable bonds is 3. The molecule has 2 N–H and O–H groups in total. The van der Waals surface area contributed by atoms with E-state index in [2.05, 4.69) is 36.4 Å². The van der Waals surface area contributed by atoms with Crippen molar-refractivity contribution in [2.24, 2.45) is 10.2 Å². The molecule has 0 fully saturated rings. The number of hydrogen-bond donors (Lipinski definition) is 2. The number of aromatic nitrogens is 2. The summed E-state index contributed by atoms with van der Waals surface area (Å²) >= 11 is 3.38. The zero-order chi connectivity index (χ0) is 15.5. The molecule has 5 nitrogen and oxygen atoms in total. The number of aromatic amines is 2. The van der Waals surface area contributed by atoms with Gasteiger partial charge in [-0.05, 0) is 24.3 Å². The summed E-state index contributed by atoms with van der Waals surface area (Å²) in [6, 6.07) is 13.1. The van der Waals surface area contributed by atoms with Gasteiger partial charge in [-0.3, -0.25) is 15.0 Å². The second-order valence-corrected chi connectivity index (χ2v) is 5.41. The third kappa shape index (κ3) is 3.04. The van der Waals surface area contributed by atoms with Crippen LogP contribution in [0.25, 0.3) is 11.3 Å². The highest BCUT2D eigenvalue weighted by Crippen LogP contribution is 2.28. The minimum absolute atomic E-state index is 0.141. The van der Waals surface area contributed by atoms with Crippen molar-refractivity contribution in [3.8, 4) is 11.3 Å². The molecule has 110 valence electrons. The summed E-state index contributed by atoms with van der Waals surface area (Å²) in [5, 5.41) is 13.1. The van der Waals surface area contributed by atoms with Gasteiger partial charge in [0.25, 0.3) is 5.56 Å². The number of H-pyrrole nitrogens is 2. The number of nitrogens with zero attached hydrogens (tertiary/aromatic N) is 2. The quantitative estimate of drug-likeness (QED) is 0.653. The zero-order valence-corrected chi connectivity index (χ0v) is 12.8. The average molecular weight is 361 g/mol. The van der Waals surface area contributed by atoms with Crippen LogP contribution < -0.4 is 5.56 Å². The van der Waals surface area contributed by atoms with Crippen LogP contribution >= 0.6 is 15.9 Å². The molecule has 0 radical (unpaired) electrons. The van der Waals surface area contributed by atoms with Crippen LogP contribution in [-0.2, 0) is 0 Å². The van der Waals surface area contributed by atoms with Crippen molar-refractivity contribution in [1.29, 1.82) is 0 Å². The van der Waals surface area contributed by atoms with Gasteiger partial charge in [0.05, 0.1) is 11.4 Å². The van der Waals surface area contributed by atoms with Crippen LogP contribution in [0.15, 0.2) is 68.0 Å². The van der Waals surface area contributed by atoms with E-state index in [9.17, 15) is 9.18 Å². The highest BCUT2D eigenvalue weighted by atomic mass is 79.9. The van der Waals surface area contributed by atoms with E-state index < -0.39 is 11.4 Å². The third-order valence-electron chi connectivity index (χ3n) is 2.94. The van der Waals surface area contributed by atoms with E-state index in [-0.39, 0.29) is 5.69 Å². The molecule has 22 heavy (non-hydrogen) atoms. The Balaban J connectivity index is 2.01. The van der Waals surface area contributed by atoms with E-state index in [1.807, 2.05) is 24.3 Å². The molecule has 0 saturated carbocycles. The SMILES string of the molecule is O=c1[nH][nH]c(-c2cccc(Br)c2)c1N=Nc1cccc(F)c1. The second kappa shape index (κ2) is 6.07. The topological polar surface area (TPSA) is 73.4 Å². The average Bonchev–Trinajstić information content (AvgIpc) is 2.86. The number of hydrogen-bond acceptors (Lipinski definition) is 3. The lowest BCUT2D eigenvalue weighted by Gasteiger charge is -1.99. The number of azo groups is 1. The minimum atomic E-state index is -0.411. The second-order valence-electron chi connectivity index (χ2n) is 4.49. The van der Waals surface area contributed by atoms with Gasteiger partial charge in [0.15, 0.2) is 5.69 Å². The molecule has 3 aromatic rings. The molecule has 1 aromatic heterocycles. The molecular formula is C15H10BrFN4O. The van der Waals surface area contributed by atoms with E-state index in [1.54, 1.807) is 6.07 Å². The molecule has 0 atom stereocenters. The lowest BCUT2D eigenvalue weighted by atomic mass is 10.1. The minimum Gasteiger partial charge on any atom is -0.295 e. The summed E-state index contributed by atoms with van der Waals surface area (Å²) in [5.41, 5.74) is 1.38. The van der Waals surface area contributed by atoms with Crippen LogP contribution in [0.1, 0.15) is 0 Å². The van der Waals surface area contributed by atoms with Crippen LogP contribution in [-0.4, -0.2) is 10.2 Å². The third-order valence-corrected chi connectivity index (χ3v) is 3.43. The van der Waals surface area contributed by atoms with Crippen LogP contribution in [0.2, 0.25) is 0 Å². The van der Waals surface area contributed by atoms with Gasteiger partial charge in [-0.1, -0.05) is 34.1 Å². The van der Waals surface area contributed by atoms with Crippen molar-refractivity contribution in [3.05, 3.63) is 69.2 Å². The lowest BCUT2D eigenvalue weighted by Crippen LogP contribution is -1.96. The molecule has 0 saturated heterocycles. The van der Waals surface area contributed by atoms with Crippen LogP contribution in [0.5, 0.6) is 0 Å². The van der Waals surface area contributed by atoms with Crippen molar-refractivity contribution in [2.75, 3.05) is 0 Å². The molecule has 0 unspecified atom stereocenters. The molecule has 2 aromatic carbocycles. The highest BCUT2D eigenvalue weighted by Gasteiger charge is 2.11. The van der Waals surface area contributed by atoms with E-state index in [0.717, 1.165) is 10.0 Å². The smallest absolute Gasteiger partial charge is 0.292 e. The largest absolute Gasteiger partial charge is 0.295 e. The normalized spacial score (nSPS) is 11.2. The maximum absolute atomic E-state index is 13.1. The van der Waals surface area contributed by atoms with E-state index in [4.69, 9.17) is 0 Å². The summed E-state index contributed by atoms with van der Waals surface area (Å²) in [5.74, 6) is -0.411. The van der Waals surface area contributed by atoms with Crippen molar-refractivity contribution < 1.29 is 4.39 Å². The first-order valence-corrected chi connectivity index (χ1v) is 7.17. The molecule has 0 aliphatic rings. The maximum Gasteiger partial charge on any atom is 0.292 e. The summed E-state index contributed by atoms with van der Waals surface area (Å²) in [4.78, 5) is 11.9. The van der Waals surface area contributed by atoms with Crippen LogP contribution in [0.4, 0.5) is 15.8 Å². The molecule has 0 spiro atoms. The summed E-state index contributed by atoms with van der Waals surface area (Å²) in [6.45, 7) is 0. The van der Waals surface area contributed by atoms with E-state index in [0.29, 0.717) is 11.4 Å². The van der Waals surface area contributed by atoms with Gasteiger partial charge in [0.2, 0.25) is 0 Å². The van der Waals surface area contributed by atoms with Gasteiger partial charge in [-0.15, -0.1) is 5.11 Å². The van der Waals surface area contributed by atoms with Crippen molar-refractivity contribution in [2.45, 2.75) is 0 Å². The zero-order valence-electron chi connectivity index (χ0n) is 11.2. The Bertz CT molecular complexity index is 900. The fourth-order valence-electron chi connectivity index (χ4n) is 1.95. The van der Waals surface area contributed by atoms with Crippen molar-refractivity contribution >= 4 is 27.3 Å². The van der Waals surface area contributed by atoms with Gasteiger partial charge in [-0.2, -0.15) is 5.11 Å². The van der Waals surface area contributed by atoms with Gasteiger partial charge < -0.3 is 0 Å². The Morgan fingerprint density at radius 1 is 1.00 bits per heavy atom. The Kier molecular flexibility index (Phi) is 3.97. The standard InChI is InChI=1S/C15H10BrFN4O/c16-10-4-1-3-9(7-10)13-14(15(22)21-19-13)20-18-12-6-2-5-11(17)8-12/h1-8H,(H2,19,21,22). The predicted octanol–water partition coefficient (Wildman–Crippen LogP) is 4.69. The van der Waals surface area contributed by atoms with Gasteiger partial charge >= 0.3 is 0 Å². The molecule has 0 bridgehead atoms. The number of benzene rings is 2. The Morgan fingerprint density at radius 3 is 2.59 bits per heavy atom. The first-order valence-electron chi connectivity index (χ1n) is 6.37. The van der Waals surface area contributed by atoms with Crippen LogP contribution in [0, 0.1) is 5.82 Å². The van der Waals surface area contributed by atoms with Gasteiger partial charge in [-0.25, -0.2) is 4.39 Å². The molecule has 3 rings (SSSR count). The van der Waals surface area contributed by atoms with Crippen LogP contribution in [0.3, 0.4) is 0 Å². The first kappa shape index (κ1) is 14.4. The number of nitrogens with one attached hydrogen (secondary N) is 2. The van der Waals surface area contributed by atoms with E-state index >= 15 is 0 Å². The molecule has 7 heteroatoms. The Morgan fingerprint density at radius 2 is 1.82 bits per heavy atom. The molecule has 0 aliphatic heterocycles. The summed E-state index contributed by atoms with van der Waals surface area (Å²) in [6.07, 6.45) is 0. The van der Waals surface area contributed by atoms with E-state index in [1.165, 1.54) is 18.2 Å². The monoisotopic (exact) mass is 360 g/mol. The van der Waals surface area contributed by atoms with Gasteiger partial charge in [0, 0.05) is 16.1 Å². The first-order chi connectivity index (χ1) is 10.6. The molecule has 1 heterocycles. The van der Waals surface area contributed by atoms with Crippen molar-refractivity contribution in [3.63, 3.8) is 0 Å². The fourth-order valence-corrected chi connectivity index (χ4v) is 2.34. The molecular weight excluding hydrogens is 351 g/mol. The molecule has 0 amide bonds. The van der Waals surface area contributed by atoms with Crippen molar-refractivity contribution in [1.82, 2.24) is 10.2 Å². The predicted molar refractivity (Wildman–Crippen MR) is 85.1 cm³/mol.